The van der Waals surface area contributed by atoms with E-state index in [2.05, 4.69) is 20.4 Å². The molecule has 188 valence electrons. The molecule has 14 nitrogen and oxygen atoms in total. The van der Waals surface area contributed by atoms with Crippen LogP contribution in [0.5, 0.6) is 5.75 Å². The Bertz CT molecular complexity index is 1140. The lowest BCUT2D eigenvalue weighted by molar-refractivity contribution is -0.145. The van der Waals surface area contributed by atoms with Crippen LogP contribution < -0.4 is 21.5 Å². The number of hydrogen-bond acceptors (Lipinski definition) is 11. The van der Waals surface area contributed by atoms with Crippen LogP contribution in [-0.2, 0) is 25.7 Å². The largest absolute Gasteiger partial charge is 0.488 e. The summed E-state index contributed by atoms with van der Waals surface area (Å²) in [6.45, 7) is 1.91. The number of hydrogen-bond donors (Lipinski definition) is 5. The lowest BCUT2D eigenvalue weighted by atomic mass is 9.89. The predicted octanol–water partition coefficient (Wildman–Crippen LogP) is -0.306. The Balaban J connectivity index is 1.51. The van der Waals surface area contributed by atoms with Gasteiger partial charge in [0.1, 0.15) is 29.6 Å². The summed E-state index contributed by atoms with van der Waals surface area (Å²) < 4.78 is 26.6. The van der Waals surface area contributed by atoms with Crippen molar-refractivity contribution in [2.45, 2.75) is 19.4 Å². The van der Waals surface area contributed by atoms with Gasteiger partial charge in [-0.1, -0.05) is 5.16 Å². The fourth-order valence-corrected chi connectivity index (χ4v) is 4.46. The molecule has 0 radical (unpaired) electrons. The lowest BCUT2D eigenvalue weighted by Gasteiger charge is -2.42. The van der Waals surface area contributed by atoms with Crippen molar-refractivity contribution in [3.8, 4) is 5.75 Å². The third-order valence-corrected chi connectivity index (χ3v) is 6.51. The van der Waals surface area contributed by atoms with Gasteiger partial charge in [-0.3, -0.25) is 19.6 Å². The van der Waals surface area contributed by atoms with Crippen LogP contribution >= 0.6 is 11.3 Å². The van der Waals surface area contributed by atoms with Crippen LogP contribution in [0.2, 0.25) is 0 Å². The zero-order valence-corrected chi connectivity index (χ0v) is 20.2. The smallest absolute Gasteiger partial charge is 0.275 e. The number of nitrogens with two attached hydrogens (primary N) is 2. The van der Waals surface area contributed by atoms with E-state index in [1.165, 1.54) is 6.20 Å². The number of oxime groups is 1. The van der Waals surface area contributed by atoms with E-state index in [1.54, 1.807) is 24.4 Å². The van der Waals surface area contributed by atoms with E-state index in [0.29, 0.717) is 11.4 Å². The first-order chi connectivity index (χ1) is 16.7. The highest BCUT2D eigenvalue weighted by Gasteiger charge is 2.47. The molecule has 3 atom stereocenters. The highest BCUT2D eigenvalue weighted by Crippen LogP contribution is 2.29. The second-order valence-electron chi connectivity index (χ2n) is 7.27. The van der Waals surface area contributed by atoms with Gasteiger partial charge in [0.15, 0.2) is 17.5 Å². The van der Waals surface area contributed by atoms with Crippen molar-refractivity contribution in [1.29, 1.82) is 5.41 Å². The van der Waals surface area contributed by atoms with Crippen molar-refractivity contribution in [3.63, 3.8) is 0 Å². The maximum atomic E-state index is 12.7. The fourth-order valence-electron chi connectivity index (χ4n) is 3.19. The number of rotatable bonds is 12. The monoisotopic (exact) mass is 524 g/mol. The van der Waals surface area contributed by atoms with Gasteiger partial charge in [-0.05, 0) is 25.5 Å². The number of carbonyl (C=O) groups is 2. The zero-order valence-electron chi connectivity index (χ0n) is 18.5. The minimum atomic E-state index is -2.36. The van der Waals surface area contributed by atoms with Crippen LogP contribution in [0.3, 0.4) is 0 Å². The Morgan fingerprint density at radius 3 is 2.74 bits per heavy atom. The van der Waals surface area contributed by atoms with E-state index < -0.39 is 35.0 Å². The fraction of sp³-hybridized carbons (Fsp3) is 0.368. The molecule has 1 fully saturated rings. The molecule has 1 saturated heterocycles. The van der Waals surface area contributed by atoms with Crippen LogP contribution in [0.15, 0.2) is 28.9 Å². The van der Waals surface area contributed by atoms with Gasteiger partial charge in [-0.25, -0.2) is 18.5 Å². The zero-order chi connectivity index (χ0) is 25.5. The van der Waals surface area contributed by atoms with E-state index in [-0.39, 0.29) is 48.6 Å². The number of pyridine rings is 1. The molecular formula is C19H24N8O6S2. The number of amidine groups is 1. The van der Waals surface area contributed by atoms with Crippen LogP contribution in [0, 0.1) is 11.3 Å². The molecule has 3 heterocycles. The van der Waals surface area contributed by atoms with Gasteiger partial charge in [0.05, 0.1) is 18.2 Å². The quantitative estimate of drug-likeness (QED) is 0.0609. The average Bonchev–Trinajstić information content (AvgIpc) is 3.24. The molecule has 2 aromatic heterocycles. The van der Waals surface area contributed by atoms with Gasteiger partial charge in [0.2, 0.25) is 5.91 Å². The van der Waals surface area contributed by atoms with Gasteiger partial charge in [0.25, 0.3) is 17.2 Å². The second-order valence-corrected chi connectivity index (χ2v) is 9.02. The molecular weight excluding hydrogens is 500 g/mol. The van der Waals surface area contributed by atoms with Crippen LogP contribution in [0.1, 0.15) is 24.7 Å². The van der Waals surface area contributed by atoms with Crippen LogP contribution in [0.4, 0.5) is 5.13 Å². The average molecular weight is 525 g/mol. The van der Waals surface area contributed by atoms with E-state index in [0.717, 1.165) is 15.6 Å². The highest BCUT2D eigenvalue weighted by atomic mass is 32.2. The normalized spacial score (nSPS) is 18.5. The summed E-state index contributed by atoms with van der Waals surface area (Å²) >= 11 is -1.22. The highest BCUT2D eigenvalue weighted by molar-refractivity contribution is 7.77. The second kappa shape index (κ2) is 11.7. The summed E-state index contributed by atoms with van der Waals surface area (Å²) in [7, 11) is 0. The molecule has 35 heavy (non-hydrogen) atoms. The topological polar surface area (TPSA) is 219 Å². The predicted molar refractivity (Wildman–Crippen MR) is 128 cm³/mol. The molecule has 3 unspecified atom stereocenters. The molecule has 0 saturated carbocycles. The van der Waals surface area contributed by atoms with E-state index >= 15 is 0 Å². The first-order valence-electron chi connectivity index (χ1n) is 10.3. The Labute approximate surface area is 206 Å². The molecule has 0 aromatic carbocycles. The van der Waals surface area contributed by atoms with Crippen LogP contribution in [-0.4, -0.2) is 72.2 Å². The van der Waals surface area contributed by atoms with Crippen molar-refractivity contribution in [1.82, 2.24) is 19.6 Å². The molecule has 0 spiro atoms. The Hall–Kier alpha value is -3.63. The molecule has 0 bridgehead atoms. The molecule has 16 heteroatoms. The Kier molecular flexibility index (Phi) is 8.67. The summed E-state index contributed by atoms with van der Waals surface area (Å²) in [5, 5.41) is 15.7. The van der Waals surface area contributed by atoms with E-state index in [9.17, 15) is 13.8 Å². The number of nitrogens with zero attached hydrogens (tertiary/aromatic N) is 4. The number of nitrogen functional groups attached to an aromatic ring is 2. The summed E-state index contributed by atoms with van der Waals surface area (Å²) in [6.07, 6.45) is 1.71. The van der Waals surface area contributed by atoms with Gasteiger partial charge in [-0.2, -0.15) is 0 Å². The Morgan fingerprint density at radius 2 is 2.17 bits per heavy atom. The first kappa shape index (κ1) is 26.0. The van der Waals surface area contributed by atoms with Gasteiger partial charge < -0.3 is 26.4 Å². The minimum Gasteiger partial charge on any atom is -0.488 e. The standard InChI is InChI=1S/C19H24N8O6S2/c1-10-12(18(29)27(10)35(30)31)4-5-23-17(28)15(14-9-34-19(22)25-14)26-33-7-6-32-11-2-3-13(16(20)21)24-8-11/h2-3,8-10,12H,4-7H2,1H3,(H3,20,21)(H2,22,25)(H,23,28)(H,30,31). The number of thiazole rings is 1. The van der Waals surface area contributed by atoms with Crippen molar-refractivity contribution in [3.05, 3.63) is 35.1 Å². The van der Waals surface area contributed by atoms with Gasteiger partial charge >= 0.3 is 0 Å². The third kappa shape index (κ3) is 6.49. The van der Waals surface area contributed by atoms with Crippen molar-refractivity contribution >= 4 is 51.1 Å². The number of carbonyl (C=O) groups excluding carboxylic acids is 2. The minimum absolute atomic E-state index is 0.00703. The first-order valence-corrected chi connectivity index (χ1v) is 12.2. The molecule has 2 amide bonds. The van der Waals surface area contributed by atoms with Crippen molar-refractivity contribution < 1.29 is 27.9 Å². The molecule has 7 N–H and O–H groups in total. The van der Waals surface area contributed by atoms with E-state index in [1.807, 2.05) is 0 Å². The number of ether oxygens (including phenoxy) is 1. The molecule has 2 aromatic rings. The molecule has 1 aliphatic heterocycles. The maximum Gasteiger partial charge on any atom is 0.275 e. The number of aromatic nitrogens is 2. The number of anilines is 1. The third-order valence-electron chi connectivity index (χ3n) is 4.99. The SMILES string of the molecule is CC1C(CCNC(=O)C(=NOCCOc2ccc(C(=N)N)nc2)c2csc(N)n2)C(=O)N1S(=O)O. The Morgan fingerprint density at radius 1 is 1.40 bits per heavy atom. The van der Waals surface area contributed by atoms with Crippen LogP contribution in [0.25, 0.3) is 0 Å². The summed E-state index contributed by atoms with van der Waals surface area (Å²) in [5.74, 6) is -1.20. The molecule has 0 aliphatic carbocycles. The summed E-state index contributed by atoms with van der Waals surface area (Å²) in [4.78, 5) is 37.9. The lowest BCUT2D eigenvalue weighted by Crippen LogP contribution is -2.60. The number of β-lactam (4-membered cyclic amide) rings is 1. The summed E-state index contributed by atoms with van der Waals surface area (Å²) in [5.41, 5.74) is 11.5. The number of nitrogens with one attached hydrogen (secondary N) is 2. The van der Waals surface area contributed by atoms with Gasteiger partial charge in [-0.15, -0.1) is 11.3 Å². The molecule has 1 aliphatic rings. The van der Waals surface area contributed by atoms with E-state index in [4.69, 9.17) is 31.0 Å². The summed E-state index contributed by atoms with van der Waals surface area (Å²) in [6, 6.07) is 2.74. The molecule has 3 rings (SSSR count). The maximum absolute atomic E-state index is 12.7. The van der Waals surface area contributed by atoms with Crippen molar-refractivity contribution in [2.24, 2.45) is 16.8 Å². The van der Waals surface area contributed by atoms with Crippen molar-refractivity contribution in [2.75, 3.05) is 25.5 Å². The number of amides is 2. The van der Waals surface area contributed by atoms with Gasteiger partial charge in [0, 0.05) is 11.9 Å².